The van der Waals surface area contributed by atoms with Crippen molar-refractivity contribution in [3.63, 3.8) is 0 Å². The molecule has 0 saturated heterocycles. The lowest BCUT2D eigenvalue weighted by Crippen LogP contribution is -2.19. The smallest absolute Gasteiger partial charge is 0.343 e. The molecule has 0 radical (unpaired) electrons. The largest absolute Gasteiger partial charge is 0.493 e. The van der Waals surface area contributed by atoms with Crippen molar-refractivity contribution in [2.75, 3.05) is 20.3 Å². The van der Waals surface area contributed by atoms with Crippen LogP contribution in [0.3, 0.4) is 0 Å². The van der Waals surface area contributed by atoms with Crippen molar-refractivity contribution in [1.29, 1.82) is 0 Å². The number of hydrogen-bond donors (Lipinski definition) is 1. The van der Waals surface area contributed by atoms with Gasteiger partial charge in [-0.05, 0) is 60.2 Å². The van der Waals surface area contributed by atoms with Crippen LogP contribution in [0.2, 0.25) is 0 Å². The fourth-order valence-electron chi connectivity index (χ4n) is 3.04. The number of fused-ring (bicyclic) bond motifs is 1. The molecule has 9 heteroatoms. The molecule has 0 bridgehead atoms. The molecule has 8 nitrogen and oxygen atoms in total. The maximum atomic E-state index is 12.4. The average Bonchev–Trinajstić information content (AvgIpc) is 2.84. The van der Waals surface area contributed by atoms with Crippen LogP contribution in [0.1, 0.15) is 26.3 Å². The number of ether oxygens (including phenoxy) is 4. The predicted molar refractivity (Wildman–Crippen MR) is 125 cm³/mol. The van der Waals surface area contributed by atoms with Crippen LogP contribution in [-0.4, -0.2) is 38.4 Å². The molecular weight excluding hydrogens is 492 g/mol. The summed E-state index contributed by atoms with van der Waals surface area (Å²) < 4.78 is 22.5. The van der Waals surface area contributed by atoms with Gasteiger partial charge in [-0.1, -0.05) is 22.0 Å². The Hall–Kier alpha value is -3.85. The first-order valence-electron chi connectivity index (χ1n) is 9.92. The van der Waals surface area contributed by atoms with Crippen LogP contribution in [0.25, 0.3) is 0 Å². The second-order valence-corrected chi connectivity index (χ2v) is 7.78. The number of carbonyl (C=O) groups excluding carboxylic acids is 2. The minimum Gasteiger partial charge on any atom is -0.493 e. The van der Waals surface area contributed by atoms with Crippen LogP contribution in [0.4, 0.5) is 0 Å². The zero-order valence-electron chi connectivity index (χ0n) is 17.5. The van der Waals surface area contributed by atoms with Crippen LogP contribution in [-0.2, 0) is 0 Å². The SMILES string of the molecule is COc1cc(C=NNC(=O)c2ccc3c(c2)OCCO3)ccc1OC(=O)c1cccc(Br)c1. The van der Waals surface area contributed by atoms with Gasteiger partial charge in [0, 0.05) is 10.0 Å². The summed E-state index contributed by atoms with van der Waals surface area (Å²) in [5.74, 6) is 0.836. The molecule has 1 amide bonds. The monoisotopic (exact) mass is 510 g/mol. The van der Waals surface area contributed by atoms with Crippen molar-refractivity contribution in [2.24, 2.45) is 5.10 Å². The fraction of sp³-hybridized carbons (Fsp3) is 0.125. The predicted octanol–water partition coefficient (Wildman–Crippen LogP) is 4.21. The standard InChI is InChI=1S/C24H19BrN2O6/c1-30-21-11-15(5-7-20(21)33-24(29)17-3-2-4-18(25)12-17)14-26-27-23(28)16-6-8-19-22(13-16)32-10-9-31-19/h2-8,11-14H,9-10H2,1H3,(H,27,28). The van der Waals surface area contributed by atoms with Gasteiger partial charge in [-0.25, -0.2) is 10.2 Å². The Morgan fingerprint density at radius 2 is 1.79 bits per heavy atom. The number of nitrogens with zero attached hydrogens (tertiary/aromatic N) is 1. The highest BCUT2D eigenvalue weighted by Gasteiger charge is 2.15. The Balaban J connectivity index is 1.41. The lowest BCUT2D eigenvalue weighted by Gasteiger charge is -2.18. The highest BCUT2D eigenvalue weighted by atomic mass is 79.9. The summed E-state index contributed by atoms with van der Waals surface area (Å²) in [5, 5.41) is 3.99. The Bertz CT molecular complexity index is 1230. The van der Waals surface area contributed by atoms with Gasteiger partial charge in [0.15, 0.2) is 23.0 Å². The Morgan fingerprint density at radius 3 is 2.58 bits per heavy atom. The van der Waals surface area contributed by atoms with E-state index < -0.39 is 11.9 Å². The molecule has 0 saturated carbocycles. The van der Waals surface area contributed by atoms with E-state index in [4.69, 9.17) is 18.9 Å². The van der Waals surface area contributed by atoms with Gasteiger partial charge in [0.2, 0.25) is 0 Å². The van der Waals surface area contributed by atoms with Gasteiger partial charge in [0.25, 0.3) is 5.91 Å². The minimum absolute atomic E-state index is 0.264. The van der Waals surface area contributed by atoms with Gasteiger partial charge >= 0.3 is 5.97 Å². The molecule has 3 aromatic carbocycles. The van der Waals surface area contributed by atoms with Crippen molar-refractivity contribution < 1.29 is 28.5 Å². The summed E-state index contributed by atoms with van der Waals surface area (Å²) in [6.07, 6.45) is 1.46. The number of amides is 1. The van der Waals surface area contributed by atoms with E-state index >= 15 is 0 Å². The van der Waals surface area contributed by atoms with Crippen LogP contribution in [0, 0.1) is 0 Å². The lowest BCUT2D eigenvalue weighted by molar-refractivity contribution is 0.0729. The number of benzene rings is 3. The Labute approximate surface area is 198 Å². The molecule has 0 unspecified atom stereocenters. The van der Waals surface area contributed by atoms with Crippen molar-refractivity contribution in [3.8, 4) is 23.0 Å². The number of carbonyl (C=O) groups is 2. The number of hydrazone groups is 1. The highest BCUT2D eigenvalue weighted by Crippen LogP contribution is 2.31. The van der Waals surface area contributed by atoms with E-state index in [1.165, 1.54) is 13.3 Å². The fourth-order valence-corrected chi connectivity index (χ4v) is 3.44. The van der Waals surface area contributed by atoms with Gasteiger partial charge in [-0.2, -0.15) is 5.10 Å². The van der Waals surface area contributed by atoms with Crippen LogP contribution < -0.4 is 24.4 Å². The molecule has 4 rings (SSSR count). The normalized spacial score (nSPS) is 12.3. The third-order valence-corrected chi connectivity index (χ3v) is 5.13. The van der Waals surface area contributed by atoms with Crippen LogP contribution in [0.5, 0.6) is 23.0 Å². The number of methoxy groups -OCH3 is 1. The number of halogens is 1. The summed E-state index contributed by atoms with van der Waals surface area (Å²) in [6.45, 7) is 0.917. The molecule has 3 aromatic rings. The molecule has 1 heterocycles. The molecule has 0 aromatic heterocycles. The number of rotatable bonds is 6. The quantitative estimate of drug-likeness (QED) is 0.231. The molecular formula is C24H19BrN2O6. The molecule has 1 aliphatic rings. The van der Waals surface area contributed by atoms with Gasteiger partial charge in [-0.3, -0.25) is 4.79 Å². The minimum atomic E-state index is -0.511. The van der Waals surface area contributed by atoms with E-state index in [9.17, 15) is 9.59 Å². The van der Waals surface area contributed by atoms with E-state index in [0.29, 0.717) is 47.2 Å². The summed E-state index contributed by atoms with van der Waals surface area (Å²) >= 11 is 3.33. The molecule has 0 spiro atoms. The van der Waals surface area contributed by atoms with Crippen molar-refractivity contribution in [2.45, 2.75) is 0 Å². The topological polar surface area (TPSA) is 95.5 Å². The zero-order chi connectivity index (χ0) is 23.2. The second-order valence-electron chi connectivity index (χ2n) is 6.87. The molecule has 0 fully saturated rings. The molecule has 1 aliphatic heterocycles. The van der Waals surface area contributed by atoms with Gasteiger partial charge in [0.05, 0.1) is 18.9 Å². The zero-order valence-corrected chi connectivity index (χ0v) is 19.1. The van der Waals surface area contributed by atoms with E-state index in [-0.39, 0.29) is 5.75 Å². The first-order chi connectivity index (χ1) is 16.0. The average molecular weight is 511 g/mol. The van der Waals surface area contributed by atoms with Crippen molar-refractivity contribution in [1.82, 2.24) is 5.43 Å². The summed E-state index contributed by atoms with van der Waals surface area (Å²) in [6, 6.07) is 16.7. The van der Waals surface area contributed by atoms with E-state index in [2.05, 4.69) is 26.5 Å². The van der Waals surface area contributed by atoms with Crippen molar-refractivity contribution >= 4 is 34.0 Å². The maximum absolute atomic E-state index is 12.4. The van der Waals surface area contributed by atoms with Crippen LogP contribution in [0.15, 0.2) is 70.2 Å². The number of esters is 1. The lowest BCUT2D eigenvalue weighted by atomic mass is 10.2. The molecule has 0 atom stereocenters. The Kier molecular flexibility index (Phi) is 6.89. The van der Waals surface area contributed by atoms with Crippen molar-refractivity contribution in [3.05, 3.63) is 81.8 Å². The molecule has 1 N–H and O–H groups in total. The molecule has 168 valence electrons. The number of nitrogens with one attached hydrogen (secondary N) is 1. The highest BCUT2D eigenvalue weighted by molar-refractivity contribution is 9.10. The van der Waals surface area contributed by atoms with E-state index in [1.807, 2.05) is 6.07 Å². The molecule has 0 aliphatic carbocycles. The number of hydrogen-bond acceptors (Lipinski definition) is 7. The van der Waals surface area contributed by atoms with E-state index in [0.717, 1.165) is 4.47 Å². The second kappa shape index (κ2) is 10.2. The van der Waals surface area contributed by atoms with Crippen LogP contribution >= 0.6 is 15.9 Å². The van der Waals surface area contributed by atoms with Gasteiger partial charge in [0.1, 0.15) is 13.2 Å². The maximum Gasteiger partial charge on any atom is 0.343 e. The first-order valence-corrected chi connectivity index (χ1v) is 10.7. The summed E-state index contributed by atoms with van der Waals surface area (Å²) in [4.78, 5) is 24.8. The summed E-state index contributed by atoms with van der Waals surface area (Å²) in [7, 11) is 1.47. The van der Waals surface area contributed by atoms with E-state index in [1.54, 1.807) is 54.6 Å². The third-order valence-electron chi connectivity index (χ3n) is 4.63. The Morgan fingerprint density at radius 1 is 0.970 bits per heavy atom. The first kappa shape index (κ1) is 22.3. The third kappa shape index (κ3) is 5.50. The molecule has 33 heavy (non-hydrogen) atoms. The summed E-state index contributed by atoms with van der Waals surface area (Å²) in [5.41, 5.74) is 3.90. The van der Waals surface area contributed by atoms with Gasteiger partial charge < -0.3 is 18.9 Å². The van der Waals surface area contributed by atoms with Gasteiger partial charge in [-0.15, -0.1) is 0 Å².